The molecule has 0 aromatic carbocycles. The molecule has 0 N–H and O–H groups in total. The van der Waals surface area contributed by atoms with E-state index in [1.165, 1.54) is 57.5 Å². The normalized spacial score (nSPS) is 12.1. The zero-order chi connectivity index (χ0) is 10.5. The summed E-state index contributed by atoms with van der Waals surface area (Å²) in [5.41, 5.74) is 0. The van der Waals surface area contributed by atoms with E-state index in [9.17, 15) is 0 Å². The lowest BCUT2D eigenvalue weighted by Crippen LogP contribution is -1.79. The van der Waals surface area contributed by atoms with Crippen molar-refractivity contribution in [3.05, 3.63) is 11.9 Å². The van der Waals surface area contributed by atoms with Gasteiger partial charge in [0.15, 0.2) is 0 Å². The summed E-state index contributed by atoms with van der Waals surface area (Å²) in [6.45, 7) is 4.51. The van der Waals surface area contributed by atoms with Crippen LogP contribution in [0.15, 0.2) is 11.9 Å². The third-order valence-corrected chi connectivity index (χ3v) is 3.48. The Morgan fingerprint density at radius 3 is 2.29 bits per heavy atom. The molecule has 0 saturated heterocycles. The van der Waals surface area contributed by atoms with Crippen molar-refractivity contribution in [2.24, 2.45) is 0 Å². The monoisotopic (exact) mass is 214 g/mol. The molecule has 1 atom stereocenters. The van der Waals surface area contributed by atoms with Gasteiger partial charge in [0.1, 0.15) is 0 Å². The van der Waals surface area contributed by atoms with E-state index in [1.54, 1.807) is 0 Å². The average molecular weight is 214 g/mol. The number of hydrogen-bond acceptors (Lipinski definition) is 0. The third-order valence-electron chi connectivity index (χ3n) is 2.37. The van der Waals surface area contributed by atoms with Crippen LogP contribution in [0.2, 0.25) is 0 Å². The molecule has 84 valence electrons. The van der Waals surface area contributed by atoms with Gasteiger partial charge in [0.25, 0.3) is 0 Å². The molecule has 14 heavy (non-hydrogen) atoms. The summed E-state index contributed by atoms with van der Waals surface area (Å²) in [5.74, 6) is 2.38. The largest absolute Gasteiger partial charge is 0.0987 e. The molecule has 0 aromatic rings. The zero-order valence-electron chi connectivity index (χ0n) is 10.0. The quantitative estimate of drug-likeness (QED) is 0.340. The molecular formula is C13H27P. The van der Waals surface area contributed by atoms with Crippen LogP contribution < -0.4 is 0 Å². The minimum atomic E-state index is 1.07. The van der Waals surface area contributed by atoms with Gasteiger partial charge in [0.05, 0.1) is 0 Å². The first-order valence-corrected chi connectivity index (χ1v) is 7.58. The van der Waals surface area contributed by atoms with Crippen molar-refractivity contribution in [3.8, 4) is 0 Å². The lowest BCUT2D eigenvalue weighted by molar-refractivity contribution is 0.626. The van der Waals surface area contributed by atoms with E-state index in [1.807, 2.05) is 0 Å². The van der Waals surface area contributed by atoms with Crippen LogP contribution in [0.5, 0.6) is 0 Å². The Kier molecular flexibility index (Phi) is 13.3. The fourth-order valence-electron chi connectivity index (χ4n) is 1.42. The topological polar surface area (TPSA) is 0 Å². The average Bonchev–Trinajstić information content (AvgIpc) is 2.21. The molecular weight excluding hydrogens is 187 g/mol. The van der Waals surface area contributed by atoms with Gasteiger partial charge < -0.3 is 0 Å². The van der Waals surface area contributed by atoms with Crippen LogP contribution in [0.3, 0.4) is 0 Å². The predicted octanol–water partition coefficient (Wildman–Crippen LogP) is 5.34. The van der Waals surface area contributed by atoms with Crippen LogP contribution in [0.1, 0.15) is 65.2 Å². The first-order chi connectivity index (χ1) is 6.91. The third kappa shape index (κ3) is 12.2. The molecule has 0 radical (unpaired) electrons. The maximum Gasteiger partial charge on any atom is -0.0319 e. The summed E-state index contributed by atoms with van der Waals surface area (Å²) >= 11 is 0. The molecule has 1 unspecified atom stereocenters. The van der Waals surface area contributed by atoms with Crippen molar-refractivity contribution in [2.75, 3.05) is 6.16 Å². The first kappa shape index (κ1) is 14.2. The van der Waals surface area contributed by atoms with E-state index < -0.39 is 0 Å². The Hall–Kier alpha value is 0.170. The lowest BCUT2D eigenvalue weighted by Gasteiger charge is -1.98. The summed E-state index contributed by atoms with van der Waals surface area (Å²) in [7, 11) is 1.07. The van der Waals surface area contributed by atoms with Gasteiger partial charge in [-0.25, -0.2) is 0 Å². The molecule has 0 fully saturated rings. The highest BCUT2D eigenvalue weighted by atomic mass is 31.1. The highest BCUT2D eigenvalue weighted by Crippen LogP contribution is 2.16. The van der Waals surface area contributed by atoms with Gasteiger partial charge in [0, 0.05) is 0 Å². The van der Waals surface area contributed by atoms with Gasteiger partial charge >= 0.3 is 0 Å². The predicted molar refractivity (Wildman–Crippen MR) is 70.6 cm³/mol. The van der Waals surface area contributed by atoms with Gasteiger partial charge in [-0.2, -0.15) is 0 Å². The Morgan fingerprint density at radius 1 is 0.857 bits per heavy atom. The maximum atomic E-state index is 2.38. The van der Waals surface area contributed by atoms with Crippen molar-refractivity contribution in [1.82, 2.24) is 0 Å². The van der Waals surface area contributed by atoms with E-state index in [0.29, 0.717) is 0 Å². The van der Waals surface area contributed by atoms with Gasteiger partial charge in [-0.1, -0.05) is 72.8 Å². The fraction of sp³-hybridized carbons (Fsp3) is 0.846. The number of allylic oxidation sites excluding steroid dienone is 1. The van der Waals surface area contributed by atoms with Gasteiger partial charge in [-0.15, -0.1) is 0 Å². The molecule has 0 nitrogen and oxygen atoms in total. The fourth-order valence-corrected chi connectivity index (χ4v) is 2.38. The molecule has 0 saturated carbocycles. The molecule has 0 heterocycles. The minimum absolute atomic E-state index is 1.07. The molecule has 0 aliphatic heterocycles. The molecule has 0 aliphatic rings. The number of rotatable bonds is 10. The zero-order valence-corrected chi connectivity index (χ0v) is 11.0. The Morgan fingerprint density at radius 2 is 1.57 bits per heavy atom. The Balaban J connectivity index is 2.91. The van der Waals surface area contributed by atoms with Crippen molar-refractivity contribution in [1.29, 1.82) is 0 Å². The van der Waals surface area contributed by atoms with Gasteiger partial charge in [-0.3, -0.25) is 0 Å². The molecule has 0 spiro atoms. The summed E-state index contributed by atoms with van der Waals surface area (Å²) in [4.78, 5) is 0. The standard InChI is InChI=1S/C13H27P/c1-3-5-7-8-9-11-13-14-12-10-6-4-2/h10,12,14H,3-9,11,13H2,1-2H3/b12-10+. The van der Waals surface area contributed by atoms with E-state index >= 15 is 0 Å². The SMILES string of the molecule is CCC/C=C/PCCCCCCCC. The summed E-state index contributed by atoms with van der Waals surface area (Å²) in [6.07, 6.45) is 14.9. The number of hydrogen-bond donors (Lipinski definition) is 0. The molecule has 0 amide bonds. The van der Waals surface area contributed by atoms with Crippen LogP contribution >= 0.6 is 8.58 Å². The summed E-state index contributed by atoms with van der Waals surface area (Å²) in [5, 5.41) is 0. The molecule has 0 aliphatic carbocycles. The second kappa shape index (κ2) is 13.2. The van der Waals surface area contributed by atoms with Crippen LogP contribution in [0.25, 0.3) is 0 Å². The first-order valence-electron chi connectivity index (χ1n) is 6.30. The van der Waals surface area contributed by atoms with Crippen molar-refractivity contribution >= 4 is 8.58 Å². The van der Waals surface area contributed by atoms with Crippen LogP contribution in [0, 0.1) is 0 Å². The molecule has 0 bridgehead atoms. The molecule has 0 aromatic heterocycles. The Labute approximate surface area is 92.3 Å². The van der Waals surface area contributed by atoms with E-state index in [4.69, 9.17) is 0 Å². The van der Waals surface area contributed by atoms with Crippen LogP contribution in [-0.4, -0.2) is 6.16 Å². The van der Waals surface area contributed by atoms with Gasteiger partial charge in [0.2, 0.25) is 0 Å². The minimum Gasteiger partial charge on any atom is -0.0987 e. The summed E-state index contributed by atoms with van der Waals surface area (Å²) in [6, 6.07) is 0. The van der Waals surface area contributed by atoms with Crippen LogP contribution in [-0.2, 0) is 0 Å². The van der Waals surface area contributed by atoms with Crippen LogP contribution in [0.4, 0.5) is 0 Å². The smallest absolute Gasteiger partial charge is 0.0319 e. The van der Waals surface area contributed by atoms with Crippen molar-refractivity contribution in [3.63, 3.8) is 0 Å². The van der Waals surface area contributed by atoms with E-state index in [2.05, 4.69) is 25.7 Å². The second-order valence-corrected chi connectivity index (χ2v) is 5.15. The highest BCUT2D eigenvalue weighted by molar-refractivity contribution is 7.41. The molecule has 0 rings (SSSR count). The lowest BCUT2D eigenvalue weighted by atomic mass is 10.1. The van der Waals surface area contributed by atoms with Crippen molar-refractivity contribution in [2.45, 2.75) is 65.2 Å². The highest BCUT2D eigenvalue weighted by Gasteiger charge is 1.88. The maximum absolute atomic E-state index is 2.38. The Bertz CT molecular complexity index is 118. The van der Waals surface area contributed by atoms with E-state index in [-0.39, 0.29) is 0 Å². The summed E-state index contributed by atoms with van der Waals surface area (Å²) < 4.78 is 0. The number of unbranched alkanes of at least 4 members (excludes halogenated alkanes) is 6. The van der Waals surface area contributed by atoms with Gasteiger partial charge in [-0.05, 0) is 19.0 Å². The second-order valence-electron chi connectivity index (χ2n) is 3.91. The van der Waals surface area contributed by atoms with Crippen molar-refractivity contribution < 1.29 is 0 Å². The molecule has 1 heteroatoms. The van der Waals surface area contributed by atoms with E-state index in [0.717, 1.165) is 8.58 Å².